The minimum absolute atomic E-state index is 0.148. The zero-order valence-electron chi connectivity index (χ0n) is 15.4. The van der Waals surface area contributed by atoms with E-state index in [0.717, 1.165) is 13.1 Å². The van der Waals surface area contributed by atoms with Crippen LogP contribution in [-0.4, -0.2) is 49.2 Å². The maximum atomic E-state index is 12.3. The quantitative estimate of drug-likeness (QED) is 0.794. The van der Waals surface area contributed by atoms with Gasteiger partial charge in [0.1, 0.15) is 12.7 Å². The molecule has 1 saturated heterocycles. The van der Waals surface area contributed by atoms with Crippen molar-refractivity contribution in [1.29, 1.82) is 0 Å². The minimum Gasteiger partial charge on any atom is -0.459 e. The van der Waals surface area contributed by atoms with Crippen molar-refractivity contribution in [2.45, 2.75) is 19.6 Å². The number of carbonyl (C=O) groups is 2. The highest BCUT2D eigenvalue weighted by Gasteiger charge is 2.22. The molecular weight excluding hydrogens is 344 g/mol. The molecule has 0 aliphatic carbocycles. The molecule has 1 fully saturated rings. The van der Waals surface area contributed by atoms with E-state index in [9.17, 15) is 9.59 Å². The highest BCUT2D eigenvalue weighted by Crippen LogP contribution is 2.14. The van der Waals surface area contributed by atoms with Crippen molar-refractivity contribution in [2.75, 3.05) is 31.6 Å². The van der Waals surface area contributed by atoms with Crippen LogP contribution >= 0.6 is 0 Å². The molecule has 1 amide bonds. The molecule has 1 atom stereocenters. The number of nitrogens with one attached hydrogen (secondary N) is 1. The minimum atomic E-state index is -0.425. The van der Waals surface area contributed by atoms with Gasteiger partial charge in [-0.1, -0.05) is 36.4 Å². The molecule has 6 nitrogen and oxygen atoms in total. The molecule has 6 heteroatoms. The van der Waals surface area contributed by atoms with Crippen LogP contribution in [0.5, 0.6) is 0 Å². The third-order valence-electron chi connectivity index (χ3n) is 4.29. The van der Waals surface area contributed by atoms with Crippen molar-refractivity contribution in [2.24, 2.45) is 0 Å². The Morgan fingerprint density at radius 3 is 2.78 bits per heavy atom. The number of ether oxygens (including phenoxy) is 2. The number of rotatable bonds is 6. The van der Waals surface area contributed by atoms with Crippen molar-refractivity contribution in [3.05, 3.63) is 65.7 Å². The summed E-state index contributed by atoms with van der Waals surface area (Å²) < 4.78 is 11.2. The molecule has 142 valence electrons. The summed E-state index contributed by atoms with van der Waals surface area (Å²) in [7, 11) is 0. The maximum absolute atomic E-state index is 12.3. The first-order valence-corrected chi connectivity index (χ1v) is 9.03. The molecular formula is C21H24N2O4. The van der Waals surface area contributed by atoms with Gasteiger partial charge in [0.15, 0.2) is 0 Å². The summed E-state index contributed by atoms with van der Waals surface area (Å²) in [5.41, 5.74) is 2.23. The lowest BCUT2D eigenvalue weighted by molar-refractivity contribution is -0.114. The summed E-state index contributed by atoms with van der Waals surface area (Å²) in [5, 5.41) is 2.66. The Bertz CT molecular complexity index is 779. The number of hydrogen-bond donors (Lipinski definition) is 1. The number of esters is 1. The summed E-state index contributed by atoms with van der Waals surface area (Å²) in [6.07, 6.45) is -0.148. The van der Waals surface area contributed by atoms with Crippen LogP contribution in [0, 0.1) is 0 Å². The van der Waals surface area contributed by atoms with Crippen molar-refractivity contribution in [3.63, 3.8) is 0 Å². The summed E-state index contributed by atoms with van der Waals surface area (Å²) in [6.45, 7) is 4.67. The molecule has 0 aromatic heterocycles. The first-order chi connectivity index (χ1) is 13.1. The maximum Gasteiger partial charge on any atom is 0.338 e. The van der Waals surface area contributed by atoms with Crippen LogP contribution in [0.4, 0.5) is 5.69 Å². The van der Waals surface area contributed by atoms with E-state index in [1.165, 1.54) is 12.5 Å². The van der Waals surface area contributed by atoms with Gasteiger partial charge in [-0.15, -0.1) is 0 Å². The predicted molar refractivity (Wildman–Crippen MR) is 102 cm³/mol. The SMILES string of the molecule is CC(=O)Nc1cccc(C(=O)OCC2CN(Cc3ccccc3)CCO2)c1. The fraction of sp³-hybridized carbons (Fsp3) is 0.333. The van der Waals surface area contributed by atoms with Gasteiger partial charge < -0.3 is 14.8 Å². The lowest BCUT2D eigenvalue weighted by Gasteiger charge is -2.32. The molecule has 1 unspecified atom stereocenters. The molecule has 1 aliphatic rings. The Hall–Kier alpha value is -2.70. The predicted octanol–water partition coefficient (Wildman–Crippen LogP) is 2.70. The van der Waals surface area contributed by atoms with Gasteiger partial charge in [-0.25, -0.2) is 4.79 Å². The van der Waals surface area contributed by atoms with Gasteiger partial charge in [0.05, 0.1) is 12.2 Å². The van der Waals surface area contributed by atoms with E-state index in [4.69, 9.17) is 9.47 Å². The summed E-state index contributed by atoms with van der Waals surface area (Å²) >= 11 is 0. The van der Waals surface area contributed by atoms with Crippen molar-refractivity contribution >= 4 is 17.6 Å². The average Bonchev–Trinajstić information content (AvgIpc) is 2.67. The van der Waals surface area contributed by atoms with Gasteiger partial charge >= 0.3 is 5.97 Å². The van der Waals surface area contributed by atoms with Gasteiger partial charge in [0, 0.05) is 32.2 Å². The highest BCUT2D eigenvalue weighted by molar-refractivity contribution is 5.93. The number of amides is 1. The smallest absolute Gasteiger partial charge is 0.338 e. The Morgan fingerprint density at radius 2 is 2.00 bits per heavy atom. The third kappa shape index (κ3) is 5.91. The van der Waals surface area contributed by atoms with Crippen LogP contribution in [0.1, 0.15) is 22.8 Å². The molecule has 0 radical (unpaired) electrons. The van der Waals surface area contributed by atoms with Crippen LogP contribution < -0.4 is 5.32 Å². The van der Waals surface area contributed by atoms with Crippen molar-refractivity contribution < 1.29 is 19.1 Å². The first-order valence-electron chi connectivity index (χ1n) is 9.03. The van der Waals surface area contributed by atoms with Gasteiger partial charge in [0.2, 0.25) is 5.91 Å². The lowest BCUT2D eigenvalue weighted by Crippen LogP contribution is -2.44. The highest BCUT2D eigenvalue weighted by atomic mass is 16.6. The Kier molecular flexibility index (Phi) is 6.57. The van der Waals surface area contributed by atoms with Gasteiger partial charge in [-0.2, -0.15) is 0 Å². The molecule has 2 aromatic rings. The van der Waals surface area contributed by atoms with Gasteiger partial charge in [-0.05, 0) is 23.8 Å². The second-order valence-electron chi connectivity index (χ2n) is 6.57. The lowest BCUT2D eigenvalue weighted by atomic mass is 10.2. The number of nitrogens with zero attached hydrogens (tertiary/aromatic N) is 1. The van der Waals surface area contributed by atoms with Gasteiger partial charge in [0.25, 0.3) is 0 Å². The Labute approximate surface area is 159 Å². The molecule has 3 rings (SSSR count). The van der Waals surface area contributed by atoms with Crippen molar-refractivity contribution in [1.82, 2.24) is 4.90 Å². The summed E-state index contributed by atoms with van der Waals surface area (Å²) in [5.74, 6) is -0.611. The normalized spacial score (nSPS) is 17.3. The molecule has 1 N–H and O–H groups in total. The average molecular weight is 368 g/mol. The van der Waals surface area contributed by atoms with E-state index in [1.54, 1.807) is 24.3 Å². The van der Waals surface area contributed by atoms with Crippen molar-refractivity contribution in [3.8, 4) is 0 Å². The molecule has 1 heterocycles. The van der Waals surface area contributed by atoms with Crippen LogP contribution in [0.2, 0.25) is 0 Å². The summed E-state index contributed by atoms with van der Waals surface area (Å²) in [4.78, 5) is 25.7. The molecule has 27 heavy (non-hydrogen) atoms. The number of hydrogen-bond acceptors (Lipinski definition) is 5. The van der Waals surface area contributed by atoms with E-state index < -0.39 is 5.97 Å². The first kappa shape index (κ1) is 19.1. The van der Waals surface area contributed by atoms with Crippen LogP contribution in [0.25, 0.3) is 0 Å². The number of benzene rings is 2. The van der Waals surface area contributed by atoms with E-state index in [1.807, 2.05) is 18.2 Å². The van der Waals surface area contributed by atoms with E-state index in [-0.39, 0.29) is 18.6 Å². The number of carbonyl (C=O) groups excluding carboxylic acids is 2. The Morgan fingerprint density at radius 1 is 1.19 bits per heavy atom. The fourth-order valence-electron chi connectivity index (χ4n) is 3.05. The number of anilines is 1. The molecule has 2 aromatic carbocycles. The molecule has 0 saturated carbocycles. The van der Waals surface area contributed by atoms with Gasteiger partial charge in [-0.3, -0.25) is 9.69 Å². The fourth-order valence-corrected chi connectivity index (χ4v) is 3.05. The largest absolute Gasteiger partial charge is 0.459 e. The van der Waals surface area contributed by atoms with E-state index in [0.29, 0.717) is 24.4 Å². The monoisotopic (exact) mass is 368 g/mol. The second-order valence-corrected chi connectivity index (χ2v) is 6.57. The van der Waals surface area contributed by atoms with E-state index in [2.05, 4.69) is 22.3 Å². The topological polar surface area (TPSA) is 67.9 Å². The standard InChI is InChI=1S/C21H24N2O4/c1-16(24)22-19-9-5-8-18(12-19)21(25)27-15-20-14-23(10-11-26-20)13-17-6-3-2-4-7-17/h2-9,12,20H,10-11,13-15H2,1H3,(H,22,24). The van der Waals surface area contributed by atoms with E-state index >= 15 is 0 Å². The van der Waals surface area contributed by atoms with Crippen LogP contribution in [0.15, 0.2) is 54.6 Å². The molecule has 0 spiro atoms. The van der Waals surface area contributed by atoms with Crippen LogP contribution in [-0.2, 0) is 20.8 Å². The summed E-state index contributed by atoms with van der Waals surface area (Å²) in [6, 6.07) is 17.0. The van der Waals surface area contributed by atoms with Crippen LogP contribution in [0.3, 0.4) is 0 Å². The zero-order chi connectivity index (χ0) is 19.1. The molecule has 1 aliphatic heterocycles. The third-order valence-corrected chi connectivity index (χ3v) is 4.29. The Balaban J connectivity index is 1.50. The molecule has 0 bridgehead atoms. The zero-order valence-corrected chi connectivity index (χ0v) is 15.4. The number of morpholine rings is 1. The second kappa shape index (κ2) is 9.30.